The zero-order valence-electron chi connectivity index (χ0n) is 11.0. The Hall–Kier alpha value is -0.690. The van der Waals surface area contributed by atoms with Crippen molar-refractivity contribution in [2.75, 3.05) is 5.73 Å². The fourth-order valence-electron chi connectivity index (χ4n) is 1.78. The molecule has 0 radical (unpaired) electrons. The first kappa shape index (κ1) is 14.7. The molecule has 1 aromatic heterocycles. The lowest BCUT2D eigenvalue weighted by Crippen LogP contribution is -2.06. The van der Waals surface area contributed by atoms with Crippen LogP contribution in [0.15, 0.2) is 22.7 Å². The summed E-state index contributed by atoms with van der Waals surface area (Å²) in [6.07, 6.45) is 0. The number of nitrogens with two attached hydrogens (primary N) is 1. The average Bonchev–Trinajstić information content (AvgIpc) is 2.35. The highest BCUT2D eigenvalue weighted by Crippen LogP contribution is 2.28. The number of aromatic nitrogens is 2. The normalized spacial score (nSPS) is 11.1. The van der Waals surface area contributed by atoms with Gasteiger partial charge in [0.2, 0.25) is 0 Å². The van der Waals surface area contributed by atoms with Crippen molar-refractivity contribution in [1.29, 1.82) is 0 Å². The monoisotopic (exact) mass is 431 g/mol. The lowest BCUT2D eigenvalue weighted by Gasteiger charge is -2.12. The predicted molar refractivity (Wildman–Crippen MR) is 91.1 cm³/mol. The van der Waals surface area contributed by atoms with Gasteiger partial charge in [0.25, 0.3) is 0 Å². The molecule has 0 unspecified atom stereocenters. The summed E-state index contributed by atoms with van der Waals surface area (Å²) in [6.45, 7) is 6.27. The van der Waals surface area contributed by atoms with Gasteiger partial charge in [-0.25, -0.2) is 9.97 Å². The summed E-state index contributed by atoms with van der Waals surface area (Å²) in [7, 11) is 0. The molecule has 2 N–H and O–H groups in total. The third-order valence-corrected chi connectivity index (χ3v) is 4.86. The number of aryl methyl sites for hydroxylation is 1. The van der Waals surface area contributed by atoms with E-state index < -0.39 is 0 Å². The van der Waals surface area contributed by atoms with E-state index in [0.717, 1.165) is 24.9 Å². The van der Waals surface area contributed by atoms with Gasteiger partial charge in [-0.05, 0) is 53.1 Å². The summed E-state index contributed by atoms with van der Waals surface area (Å²) in [4.78, 5) is 9.06. The molecule has 3 nitrogen and oxygen atoms in total. The molecular formula is C14H15BrIN3. The van der Waals surface area contributed by atoms with E-state index in [9.17, 15) is 0 Å². The summed E-state index contributed by atoms with van der Waals surface area (Å²) >= 11 is 5.71. The van der Waals surface area contributed by atoms with Crippen LogP contribution in [0.5, 0.6) is 0 Å². The van der Waals surface area contributed by atoms with E-state index in [2.05, 4.69) is 68.4 Å². The molecule has 0 bridgehead atoms. The van der Waals surface area contributed by atoms with Crippen molar-refractivity contribution in [3.8, 4) is 11.4 Å². The molecule has 2 rings (SSSR count). The average molecular weight is 432 g/mol. The molecule has 1 aromatic carbocycles. The van der Waals surface area contributed by atoms with Crippen molar-refractivity contribution in [3.63, 3.8) is 0 Å². The van der Waals surface area contributed by atoms with Crippen LogP contribution < -0.4 is 5.73 Å². The van der Waals surface area contributed by atoms with Crippen molar-refractivity contribution < 1.29 is 0 Å². The van der Waals surface area contributed by atoms with Crippen LogP contribution >= 0.6 is 38.5 Å². The molecule has 0 saturated carbocycles. The van der Waals surface area contributed by atoms with Crippen LogP contribution in [-0.2, 0) is 0 Å². The Morgan fingerprint density at radius 2 is 1.95 bits per heavy atom. The Morgan fingerprint density at radius 3 is 2.53 bits per heavy atom. The van der Waals surface area contributed by atoms with Gasteiger partial charge in [0.1, 0.15) is 5.82 Å². The van der Waals surface area contributed by atoms with Crippen molar-refractivity contribution in [3.05, 3.63) is 37.5 Å². The molecule has 5 heteroatoms. The number of nitrogens with zero attached hydrogens (tertiary/aromatic N) is 2. The van der Waals surface area contributed by atoms with Crippen LogP contribution in [0.25, 0.3) is 11.4 Å². The molecule has 0 saturated heterocycles. The minimum Gasteiger partial charge on any atom is -0.383 e. The maximum atomic E-state index is 6.00. The maximum absolute atomic E-state index is 6.00. The van der Waals surface area contributed by atoms with Crippen LogP contribution in [0, 0.1) is 10.5 Å². The highest BCUT2D eigenvalue weighted by molar-refractivity contribution is 14.1. The van der Waals surface area contributed by atoms with Crippen molar-refractivity contribution in [1.82, 2.24) is 9.97 Å². The fourth-order valence-corrected chi connectivity index (χ4v) is 2.89. The summed E-state index contributed by atoms with van der Waals surface area (Å²) in [5.74, 6) is 1.57. The van der Waals surface area contributed by atoms with Gasteiger partial charge in [-0.1, -0.05) is 35.8 Å². The van der Waals surface area contributed by atoms with Crippen LogP contribution in [0.2, 0.25) is 0 Å². The molecule has 1 heterocycles. The Balaban J connectivity index is 2.59. The molecule has 19 heavy (non-hydrogen) atoms. The van der Waals surface area contributed by atoms with E-state index in [1.54, 1.807) is 0 Å². The van der Waals surface area contributed by atoms with Gasteiger partial charge < -0.3 is 5.73 Å². The largest absolute Gasteiger partial charge is 0.383 e. The van der Waals surface area contributed by atoms with Gasteiger partial charge in [0.15, 0.2) is 5.82 Å². The Kier molecular flexibility index (Phi) is 4.45. The molecule has 0 aliphatic rings. The maximum Gasteiger partial charge on any atom is 0.161 e. The molecule has 0 aliphatic carbocycles. The zero-order valence-corrected chi connectivity index (χ0v) is 14.8. The molecule has 0 fully saturated rings. The lowest BCUT2D eigenvalue weighted by molar-refractivity contribution is 0.810. The topological polar surface area (TPSA) is 51.8 Å². The fraction of sp³-hybridized carbons (Fsp3) is 0.286. The van der Waals surface area contributed by atoms with Gasteiger partial charge in [-0.15, -0.1) is 0 Å². The van der Waals surface area contributed by atoms with Crippen LogP contribution in [0.1, 0.15) is 31.0 Å². The third-order valence-electron chi connectivity index (χ3n) is 2.87. The molecule has 2 aromatic rings. The molecular weight excluding hydrogens is 417 g/mol. The van der Waals surface area contributed by atoms with Gasteiger partial charge in [-0.3, -0.25) is 0 Å². The first-order chi connectivity index (χ1) is 8.90. The van der Waals surface area contributed by atoms with Crippen LogP contribution in [0.3, 0.4) is 0 Å². The number of hydrogen-bond acceptors (Lipinski definition) is 3. The van der Waals surface area contributed by atoms with E-state index in [1.807, 2.05) is 19.1 Å². The van der Waals surface area contributed by atoms with E-state index in [-0.39, 0.29) is 0 Å². The zero-order chi connectivity index (χ0) is 14.2. The molecule has 0 atom stereocenters. The third kappa shape index (κ3) is 3.08. The van der Waals surface area contributed by atoms with Gasteiger partial charge in [0, 0.05) is 10.0 Å². The number of rotatable bonds is 2. The number of anilines is 1. The Morgan fingerprint density at radius 1 is 1.26 bits per heavy atom. The quantitative estimate of drug-likeness (QED) is 0.711. The molecule has 0 spiro atoms. The van der Waals surface area contributed by atoms with Crippen molar-refractivity contribution in [2.24, 2.45) is 0 Å². The van der Waals surface area contributed by atoms with Gasteiger partial charge in [-0.2, -0.15) is 0 Å². The smallest absolute Gasteiger partial charge is 0.161 e. The second-order valence-corrected chi connectivity index (χ2v) is 6.68. The highest BCUT2D eigenvalue weighted by atomic mass is 127. The Bertz CT molecular complexity index is 626. The van der Waals surface area contributed by atoms with E-state index in [4.69, 9.17) is 5.73 Å². The van der Waals surface area contributed by atoms with Crippen LogP contribution in [-0.4, -0.2) is 9.97 Å². The van der Waals surface area contributed by atoms with Crippen molar-refractivity contribution >= 4 is 44.3 Å². The molecule has 0 amide bonds. The van der Waals surface area contributed by atoms with Crippen molar-refractivity contribution in [2.45, 2.75) is 26.7 Å². The SMILES string of the molecule is Cc1cc(-c2nc(N)c(I)c(C(C)C)n2)ccc1Br. The lowest BCUT2D eigenvalue weighted by atomic mass is 10.1. The standard InChI is InChI=1S/C14H15BrIN3/c1-7(2)12-11(16)13(17)19-14(18-12)9-4-5-10(15)8(3)6-9/h4-7H,1-3H3,(H2,17,18,19). The van der Waals surface area contributed by atoms with Crippen LogP contribution in [0.4, 0.5) is 5.82 Å². The Labute approximate surface area is 135 Å². The molecule has 0 aliphatic heterocycles. The first-order valence-electron chi connectivity index (χ1n) is 5.99. The first-order valence-corrected chi connectivity index (χ1v) is 7.86. The summed E-state index contributed by atoms with van der Waals surface area (Å²) in [6, 6.07) is 6.08. The second kappa shape index (κ2) is 5.75. The predicted octanol–water partition coefficient (Wildman–Crippen LogP) is 4.52. The minimum absolute atomic E-state index is 0.326. The van der Waals surface area contributed by atoms with E-state index in [1.165, 1.54) is 0 Å². The highest BCUT2D eigenvalue weighted by Gasteiger charge is 2.14. The summed E-state index contributed by atoms with van der Waals surface area (Å²) in [5.41, 5.74) is 9.15. The number of halogens is 2. The van der Waals surface area contributed by atoms with Gasteiger partial charge >= 0.3 is 0 Å². The summed E-state index contributed by atoms with van der Waals surface area (Å²) in [5, 5.41) is 0. The van der Waals surface area contributed by atoms with E-state index in [0.29, 0.717) is 17.6 Å². The number of nitrogen functional groups attached to an aromatic ring is 1. The van der Waals surface area contributed by atoms with Gasteiger partial charge in [0.05, 0.1) is 9.26 Å². The summed E-state index contributed by atoms with van der Waals surface area (Å²) < 4.78 is 2.03. The minimum atomic E-state index is 0.326. The second-order valence-electron chi connectivity index (χ2n) is 4.75. The number of benzene rings is 1. The number of hydrogen-bond donors (Lipinski definition) is 1. The van der Waals surface area contributed by atoms with E-state index >= 15 is 0 Å². The molecule has 100 valence electrons.